The third kappa shape index (κ3) is 3.90. The molecule has 0 saturated carbocycles. The van der Waals surface area contributed by atoms with Crippen molar-refractivity contribution in [3.8, 4) is 0 Å². The van der Waals surface area contributed by atoms with Gasteiger partial charge in [0.15, 0.2) is 0 Å². The Morgan fingerprint density at radius 3 is 2.33 bits per heavy atom. The third-order valence-electron chi connectivity index (χ3n) is 4.10. The van der Waals surface area contributed by atoms with Crippen LogP contribution in [0.5, 0.6) is 0 Å². The first-order valence-corrected chi connectivity index (χ1v) is 8.12. The summed E-state index contributed by atoms with van der Waals surface area (Å²) in [4.78, 5) is 12.6. The van der Waals surface area contributed by atoms with Crippen molar-refractivity contribution in [1.29, 1.82) is 0 Å². The van der Waals surface area contributed by atoms with Gasteiger partial charge in [-0.15, -0.1) is 0 Å². The number of benzene rings is 2. The lowest BCUT2D eigenvalue weighted by atomic mass is 9.98. The van der Waals surface area contributed by atoms with Crippen LogP contribution in [0.2, 0.25) is 0 Å². The molecule has 1 aromatic heterocycles. The summed E-state index contributed by atoms with van der Waals surface area (Å²) in [5, 5.41) is 7.33. The summed E-state index contributed by atoms with van der Waals surface area (Å²) in [7, 11) is 0. The summed E-state index contributed by atoms with van der Waals surface area (Å²) in [6.45, 7) is 1.85. The molecule has 0 radical (unpaired) electrons. The molecule has 2 unspecified atom stereocenters. The molecule has 0 saturated heterocycles. The van der Waals surface area contributed by atoms with Gasteiger partial charge in [-0.2, -0.15) is 5.10 Å². The van der Waals surface area contributed by atoms with Crippen LogP contribution in [0, 0.1) is 0 Å². The first-order chi connectivity index (χ1) is 11.7. The summed E-state index contributed by atoms with van der Waals surface area (Å²) in [5.41, 5.74) is 2.29. The Labute approximate surface area is 142 Å². The number of aromatic nitrogens is 2. The average Bonchev–Trinajstić information content (AvgIpc) is 3.16. The molecule has 4 nitrogen and oxygen atoms in total. The fraction of sp³-hybridized carbons (Fsp3) is 0.200. The molecular weight excluding hydrogens is 298 g/mol. The Kier molecular flexibility index (Phi) is 5.06. The van der Waals surface area contributed by atoms with Crippen molar-refractivity contribution < 1.29 is 4.79 Å². The number of hydrogen-bond donors (Lipinski definition) is 1. The van der Waals surface area contributed by atoms with E-state index in [0.717, 1.165) is 12.0 Å². The number of nitrogens with zero attached hydrogens (tertiary/aromatic N) is 2. The molecule has 0 aliphatic carbocycles. The van der Waals surface area contributed by atoms with Gasteiger partial charge in [-0.3, -0.25) is 9.48 Å². The van der Waals surface area contributed by atoms with Crippen LogP contribution in [0.25, 0.3) is 0 Å². The smallest absolute Gasteiger partial charge is 0.245 e. The van der Waals surface area contributed by atoms with Gasteiger partial charge in [-0.25, -0.2) is 0 Å². The standard InChI is InChI=1S/C20H21N3O/c1-16(23-14-8-13-21-23)20(24)22-19(18-11-6-3-7-12-18)15-17-9-4-2-5-10-17/h2-14,16,19H,15H2,1H3,(H,22,24). The van der Waals surface area contributed by atoms with Gasteiger partial charge in [0.25, 0.3) is 0 Å². The SMILES string of the molecule is CC(C(=O)NC(Cc1ccccc1)c1ccccc1)n1cccn1. The van der Waals surface area contributed by atoms with E-state index >= 15 is 0 Å². The van der Waals surface area contributed by atoms with Crippen molar-refractivity contribution in [3.63, 3.8) is 0 Å². The summed E-state index contributed by atoms with van der Waals surface area (Å²) in [5.74, 6) is -0.0384. The zero-order chi connectivity index (χ0) is 16.8. The van der Waals surface area contributed by atoms with Crippen molar-refractivity contribution in [2.45, 2.75) is 25.4 Å². The molecule has 1 N–H and O–H groups in total. The number of carbonyl (C=O) groups excluding carboxylic acids is 1. The fourth-order valence-electron chi connectivity index (χ4n) is 2.71. The Balaban J connectivity index is 1.78. The first-order valence-electron chi connectivity index (χ1n) is 8.12. The molecule has 0 aliphatic heterocycles. The molecule has 1 amide bonds. The van der Waals surface area contributed by atoms with Crippen LogP contribution in [0.1, 0.15) is 30.1 Å². The van der Waals surface area contributed by atoms with E-state index in [1.807, 2.05) is 61.5 Å². The van der Waals surface area contributed by atoms with Crippen molar-refractivity contribution in [2.75, 3.05) is 0 Å². The number of nitrogens with one attached hydrogen (secondary N) is 1. The van der Waals surface area contributed by atoms with Gasteiger partial charge in [-0.1, -0.05) is 60.7 Å². The maximum Gasteiger partial charge on any atom is 0.245 e. The fourth-order valence-corrected chi connectivity index (χ4v) is 2.71. The van der Waals surface area contributed by atoms with E-state index in [9.17, 15) is 4.79 Å². The van der Waals surface area contributed by atoms with E-state index in [1.165, 1.54) is 5.56 Å². The van der Waals surface area contributed by atoms with Crippen LogP contribution in [0.15, 0.2) is 79.1 Å². The van der Waals surface area contributed by atoms with Crippen LogP contribution in [0.3, 0.4) is 0 Å². The molecule has 0 aliphatic rings. The van der Waals surface area contributed by atoms with E-state index in [1.54, 1.807) is 17.1 Å². The van der Waals surface area contributed by atoms with Crippen molar-refractivity contribution in [3.05, 3.63) is 90.3 Å². The lowest BCUT2D eigenvalue weighted by molar-refractivity contribution is -0.124. The highest BCUT2D eigenvalue weighted by Crippen LogP contribution is 2.19. The van der Waals surface area contributed by atoms with Crippen LogP contribution in [0.4, 0.5) is 0 Å². The Hall–Kier alpha value is -2.88. The Morgan fingerprint density at radius 1 is 1.04 bits per heavy atom. The van der Waals surface area contributed by atoms with Crippen molar-refractivity contribution >= 4 is 5.91 Å². The van der Waals surface area contributed by atoms with Gasteiger partial charge in [0.2, 0.25) is 5.91 Å². The molecule has 122 valence electrons. The lowest BCUT2D eigenvalue weighted by Crippen LogP contribution is -2.35. The average molecular weight is 319 g/mol. The van der Waals surface area contributed by atoms with Crippen molar-refractivity contribution in [2.24, 2.45) is 0 Å². The number of amides is 1. The van der Waals surface area contributed by atoms with Gasteiger partial charge in [0.1, 0.15) is 6.04 Å². The van der Waals surface area contributed by atoms with E-state index in [0.29, 0.717) is 0 Å². The number of carbonyl (C=O) groups is 1. The third-order valence-corrected chi connectivity index (χ3v) is 4.10. The number of hydrogen-bond acceptors (Lipinski definition) is 2. The molecule has 2 aromatic carbocycles. The Bertz CT molecular complexity index is 754. The summed E-state index contributed by atoms with van der Waals surface area (Å²) < 4.78 is 1.67. The van der Waals surface area contributed by atoms with Crippen molar-refractivity contribution in [1.82, 2.24) is 15.1 Å². The normalized spacial score (nSPS) is 13.2. The summed E-state index contributed by atoms with van der Waals surface area (Å²) >= 11 is 0. The number of rotatable bonds is 6. The van der Waals surface area contributed by atoms with E-state index in [4.69, 9.17) is 0 Å². The summed E-state index contributed by atoms with van der Waals surface area (Å²) in [6, 6.07) is 21.7. The maximum atomic E-state index is 12.6. The van der Waals surface area contributed by atoms with Gasteiger partial charge < -0.3 is 5.32 Å². The molecule has 2 atom stereocenters. The predicted octanol–water partition coefficient (Wildman–Crippen LogP) is 3.54. The van der Waals surface area contributed by atoms with E-state index in [2.05, 4.69) is 22.5 Å². The largest absolute Gasteiger partial charge is 0.347 e. The zero-order valence-electron chi connectivity index (χ0n) is 13.7. The molecule has 0 spiro atoms. The monoisotopic (exact) mass is 319 g/mol. The maximum absolute atomic E-state index is 12.6. The highest BCUT2D eigenvalue weighted by Gasteiger charge is 2.20. The molecule has 0 fully saturated rings. The van der Waals surface area contributed by atoms with Crippen LogP contribution >= 0.6 is 0 Å². The van der Waals surface area contributed by atoms with Gasteiger partial charge in [0, 0.05) is 12.4 Å². The zero-order valence-corrected chi connectivity index (χ0v) is 13.7. The van der Waals surface area contributed by atoms with E-state index in [-0.39, 0.29) is 18.0 Å². The van der Waals surface area contributed by atoms with Gasteiger partial charge in [0.05, 0.1) is 6.04 Å². The molecule has 4 heteroatoms. The second kappa shape index (κ2) is 7.59. The molecule has 3 rings (SSSR count). The second-order valence-corrected chi connectivity index (χ2v) is 5.82. The highest BCUT2D eigenvalue weighted by molar-refractivity contribution is 5.80. The van der Waals surface area contributed by atoms with Gasteiger partial charge >= 0.3 is 0 Å². The minimum absolute atomic E-state index is 0.0384. The first kappa shape index (κ1) is 16.0. The van der Waals surface area contributed by atoms with Crippen LogP contribution < -0.4 is 5.32 Å². The highest BCUT2D eigenvalue weighted by atomic mass is 16.2. The predicted molar refractivity (Wildman–Crippen MR) is 94.4 cm³/mol. The van der Waals surface area contributed by atoms with Crippen LogP contribution in [-0.2, 0) is 11.2 Å². The molecular formula is C20H21N3O. The van der Waals surface area contributed by atoms with Crippen LogP contribution in [-0.4, -0.2) is 15.7 Å². The lowest BCUT2D eigenvalue weighted by Gasteiger charge is -2.22. The minimum Gasteiger partial charge on any atom is -0.347 e. The Morgan fingerprint density at radius 2 is 1.71 bits per heavy atom. The quantitative estimate of drug-likeness (QED) is 0.755. The topological polar surface area (TPSA) is 46.9 Å². The second-order valence-electron chi connectivity index (χ2n) is 5.82. The minimum atomic E-state index is -0.345. The molecule has 3 aromatic rings. The van der Waals surface area contributed by atoms with E-state index < -0.39 is 0 Å². The molecule has 1 heterocycles. The van der Waals surface area contributed by atoms with Gasteiger partial charge in [-0.05, 0) is 30.5 Å². The molecule has 24 heavy (non-hydrogen) atoms. The summed E-state index contributed by atoms with van der Waals surface area (Å²) in [6.07, 6.45) is 4.24. The molecule has 0 bridgehead atoms.